The average molecular weight is 395 g/mol. The van der Waals surface area contributed by atoms with Crippen molar-refractivity contribution < 1.29 is 9.53 Å². The van der Waals surface area contributed by atoms with Crippen LogP contribution in [-0.2, 0) is 11.2 Å². The number of piperazine rings is 1. The molecule has 3 heterocycles. The molecule has 6 nitrogen and oxygen atoms in total. The molecule has 4 rings (SSSR count). The minimum absolute atomic E-state index is 0.0194. The van der Waals surface area contributed by atoms with Gasteiger partial charge in [-0.15, -0.1) is 0 Å². The molecule has 3 aliphatic rings. The highest BCUT2D eigenvalue weighted by Crippen LogP contribution is 2.31. The van der Waals surface area contributed by atoms with E-state index in [2.05, 4.69) is 53.0 Å². The zero-order valence-electron chi connectivity index (χ0n) is 17.4. The van der Waals surface area contributed by atoms with Crippen LogP contribution in [-0.4, -0.2) is 53.5 Å². The van der Waals surface area contributed by atoms with E-state index in [-0.39, 0.29) is 5.91 Å². The summed E-state index contributed by atoms with van der Waals surface area (Å²) in [7, 11) is 0. The molecule has 1 unspecified atom stereocenters. The molecule has 1 fully saturated rings. The Morgan fingerprint density at radius 3 is 2.79 bits per heavy atom. The van der Waals surface area contributed by atoms with E-state index in [1.165, 1.54) is 11.1 Å². The Bertz CT molecular complexity index is 852. The first-order chi connectivity index (χ1) is 14.0. The van der Waals surface area contributed by atoms with Crippen LogP contribution < -0.4 is 10.2 Å². The molecule has 1 aromatic rings. The third kappa shape index (κ3) is 4.17. The lowest BCUT2D eigenvalue weighted by Crippen LogP contribution is -2.47. The van der Waals surface area contributed by atoms with Gasteiger partial charge in [0, 0.05) is 45.1 Å². The predicted octanol–water partition coefficient (Wildman–Crippen LogP) is 2.97. The molecule has 0 spiro atoms. The number of ether oxygens (including phenoxy) is 1. The molecular formula is C23H30N4O2. The first-order valence-corrected chi connectivity index (χ1v) is 10.5. The van der Waals surface area contributed by atoms with Crippen LogP contribution in [0, 0.1) is 0 Å². The largest absolute Gasteiger partial charge is 0.493 e. The van der Waals surface area contributed by atoms with Gasteiger partial charge in [0.1, 0.15) is 5.75 Å². The minimum atomic E-state index is -0.0194. The quantitative estimate of drug-likeness (QED) is 0.832. The Kier molecular flexibility index (Phi) is 5.62. The second-order valence-corrected chi connectivity index (χ2v) is 7.80. The smallest absolute Gasteiger partial charge is 0.238 e. The van der Waals surface area contributed by atoms with Crippen molar-refractivity contribution in [1.29, 1.82) is 0 Å². The molecule has 1 amide bonds. The van der Waals surface area contributed by atoms with Crippen LogP contribution in [0.5, 0.6) is 5.75 Å². The first kappa shape index (κ1) is 19.6. The van der Waals surface area contributed by atoms with Crippen molar-refractivity contribution in [3.63, 3.8) is 0 Å². The summed E-state index contributed by atoms with van der Waals surface area (Å²) in [6, 6.07) is 7.04. The normalized spacial score (nSPS) is 20.2. The Labute approximate surface area is 173 Å². The van der Waals surface area contributed by atoms with Crippen LogP contribution in [0.4, 0.5) is 0 Å². The number of nitrogens with zero attached hydrogens (tertiary/aromatic N) is 3. The lowest BCUT2D eigenvalue weighted by Gasteiger charge is -2.40. The standard InChI is InChI=1S/C23H30N4O2/c1-4-23(28)24-27-16-21(8-5-17(27)2)26-12-10-25(11-13-26)18(3)20-7-6-19-9-14-29-22(19)15-20/h5-8,15-16,18H,2,4,9-14H2,1,3H3,(H,24,28). The second kappa shape index (κ2) is 8.33. The van der Waals surface area contributed by atoms with Crippen molar-refractivity contribution in [1.82, 2.24) is 20.2 Å². The molecule has 1 aromatic carbocycles. The van der Waals surface area contributed by atoms with Crippen LogP contribution in [0.2, 0.25) is 0 Å². The number of rotatable bonds is 5. The SMILES string of the molecule is C=C1C=CC(N2CCN(C(C)c3ccc4c(c3)OCC4)CC2)=CN1NC(=O)CC. The number of benzene rings is 1. The van der Waals surface area contributed by atoms with E-state index in [1.807, 2.05) is 19.2 Å². The van der Waals surface area contributed by atoms with Gasteiger partial charge in [-0.05, 0) is 36.3 Å². The van der Waals surface area contributed by atoms with Crippen LogP contribution in [0.15, 0.2) is 54.5 Å². The number of hydrogen-bond acceptors (Lipinski definition) is 5. The third-order valence-corrected chi connectivity index (χ3v) is 6.01. The summed E-state index contributed by atoms with van der Waals surface area (Å²) in [5.74, 6) is 1.04. The Hall–Kier alpha value is -2.73. The fourth-order valence-electron chi connectivity index (χ4n) is 4.05. The fourth-order valence-corrected chi connectivity index (χ4v) is 4.05. The van der Waals surface area contributed by atoms with E-state index in [9.17, 15) is 4.79 Å². The Balaban J connectivity index is 1.37. The van der Waals surface area contributed by atoms with Gasteiger partial charge in [-0.25, -0.2) is 0 Å². The second-order valence-electron chi connectivity index (χ2n) is 7.80. The number of amides is 1. The van der Waals surface area contributed by atoms with Crippen molar-refractivity contribution in [2.75, 3.05) is 32.8 Å². The van der Waals surface area contributed by atoms with Crippen LogP contribution in [0.1, 0.15) is 37.4 Å². The third-order valence-electron chi connectivity index (χ3n) is 6.01. The minimum Gasteiger partial charge on any atom is -0.493 e. The van der Waals surface area contributed by atoms with E-state index in [1.54, 1.807) is 5.01 Å². The molecule has 0 aliphatic carbocycles. The lowest BCUT2D eigenvalue weighted by atomic mass is 10.0. The molecule has 1 N–H and O–H groups in total. The molecule has 0 bridgehead atoms. The number of hydrazine groups is 1. The molecule has 0 radical (unpaired) electrons. The lowest BCUT2D eigenvalue weighted by molar-refractivity contribution is -0.123. The van der Waals surface area contributed by atoms with Crippen molar-refractivity contribution in [3.05, 3.63) is 65.7 Å². The summed E-state index contributed by atoms with van der Waals surface area (Å²) in [5, 5.41) is 1.72. The van der Waals surface area contributed by atoms with Gasteiger partial charge in [0.2, 0.25) is 5.91 Å². The van der Waals surface area contributed by atoms with E-state index in [4.69, 9.17) is 4.74 Å². The number of allylic oxidation sites excluding steroid dienone is 2. The summed E-state index contributed by atoms with van der Waals surface area (Å²) in [6.07, 6.45) is 7.46. The molecule has 0 aromatic heterocycles. The Morgan fingerprint density at radius 1 is 1.24 bits per heavy atom. The fraction of sp³-hybridized carbons (Fsp3) is 0.435. The molecule has 0 saturated carbocycles. The molecule has 29 heavy (non-hydrogen) atoms. The van der Waals surface area contributed by atoms with Crippen molar-refractivity contribution in [2.45, 2.75) is 32.7 Å². The van der Waals surface area contributed by atoms with Gasteiger partial charge in [0.25, 0.3) is 0 Å². The van der Waals surface area contributed by atoms with Gasteiger partial charge in [-0.1, -0.05) is 25.6 Å². The maximum absolute atomic E-state index is 11.8. The number of carbonyl (C=O) groups excluding carboxylic acids is 1. The summed E-state index contributed by atoms with van der Waals surface area (Å²) < 4.78 is 5.74. The van der Waals surface area contributed by atoms with Crippen molar-refractivity contribution in [2.24, 2.45) is 0 Å². The van der Waals surface area contributed by atoms with Gasteiger partial charge in [0.15, 0.2) is 0 Å². The van der Waals surface area contributed by atoms with Gasteiger partial charge in [0.05, 0.1) is 24.2 Å². The van der Waals surface area contributed by atoms with Crippen LogP contribution in [0.25, 0.3) is 0 Å². The van der Waals surface area contributed by atoms with E-state index < -0.39 is 0 Å². The van der Waals surface area contributed by atoms with Crippen LogP contribution >= 0.6 is 0 Å². The Morgan fingerprint density at radius 2 is 2.03 bits per heavy atom. The van der Waals surface area contributed by atoms with Gasteiger partial charge in [-0.2, -0.15) is 0 Å². The zero-order valence-corrected chi connectivity index (χ0v) is 17.4. The molecule has 3 aliphatic heterocycles. The van der Waals surface area contributed by atoms with Crippen molar-refractivity contribution in [3.8, 4) is 5.75 Å². The van der Waals surface area contributed by atoms with Gasteiger partial charge >= 0.3 is 0 Å². The van der Waals surface area contributed by atoms with E-state index in [0.717, 1.165) is 56.4 Å². The topological polar surface area (TPSA) is 48.1 Å². The zero-order chi connectivity index (χ0) is 20.4. The molecular weight excluding hydrogens is 364 g/mol. The van der Waals surface area contributed by atoms with Gasteiger partial charge < -0.3 is 9.64 Å². The molecule has 6 heteroatoms. The number of nitrogens with one attached hydrogen (secondary N) is 1. The molecule has 1 saturated heterocycles. The summed E-state index contributed by atoms with van der Waals surface area (Å²) in [4.78, 5) is 16.6. The molecule has 154 valence electrons. The highest BCUT2D eigenvalue weighted by molar-refractivity contribution is 5.75. The van der Waals surface area contributed by atoms with E-state index in [0.29, 0.717) is 12.5 Å². The first-order valence-electron chi connectivity index (χ1n) is 10.5. The summed E-state index contributed by atoms with van der Waals surface area (Å²) >= 11 is 0. The summed E-state index contributed by atoms with van der Waals surface area (Å²) in [5.41, 5.74) is 7.39. The van der Waals surface area contributed by atoms with Gasteiger partial charge in [-0.3, -0.25) is 20.1 Å². The van der Waals surface area contributed by atoms with E-state index >= 15 is 0 Å². The highest BCUT2D eigenvalue weighted by Gasteiger charge is 2.25. The predicted molar refractivity (Wildman–Crippen MR) is 114 cm³/mol. The highest BCUT2D eigenvalue weighted by atomic mass is 16.5. The monoisotopic (exact) mass is 394 g/mol. The number of carbonyl (C=O) groups is 1. The maximum Gasteiger partial charge on any atom is 0.238 e. The number of fused-ring (bicyclic) bond motifs is 1. The molecule has 1 atom stereocenters. The number of hydrogen-bond donors (Lipinski definition) is 1. The maximum atomic E-state index is 11.8. The average Bonchev–Trinajstić information content (AvgIpc) is 3.22. The van der Waals surface area contributed by atoms with Crippen molar-refractivity contribution >= 4 is 5.91 Å². The summed E-state index contributed by atoms with van der Waals surface area (Å²) in [6.45, 7) is 12.8. The van der Waals surface area contributed by atoms with Crippen LogP contribution in [0.3, 0.4) is 0 Å².